The van der Waals surface area contributed by atoms with Gasteiger partial charge in [0.1, 0.15) is 0 Å². The van der Waals surface area contributed by atoms with E-state index < -0.39 is 0 Å². The summed E-state index contributed by atoms with van der Waals surface area (Å²) in [5, 5.41) is 13.8. The second-order valence-corrected chi connectivity index (χ2v) is 7.26. The molecule has 0 saturated carbocycles. The third kappa shape index (κ3) is 4.90. The molecule has 1 aromatic carbocycles. The van der Waals surface area contributed by atoms with Crippen molar-refractivity contribution in [2.24, 2.45) is 0 Å². The molecule has 2 unspecified atom stereocenters. The highest BCUT2D eigenvalue weighted by Crippen LogP contribution is 2.22. The smallest absolute Gasteiger partial charge is 0.0574 e. The highest BCUT2D eigenvalue weighted by atomic mass is 32.2. The molecule has 0 bridgehead atoms. The molecule has 2 rings (SSSR count). The number of nitrogens with one attached hydrogen (secondary N) is 1. The monoisotopic (exact) mass is 308 g/mol. The summed E-state index contributed by atoms with van der Waals surface area (Å²) in [7, 11) is 0. The van der Waals surface area contributed by atoms with Crippen molar-refractivity contribution in [3.63, 3.8) is 0 Å². The van der Waals surface area contributed by atoms with Crippen LogP contribution in [0.5, 0.6) is 0 Å². The van der Waals surface area contributed by atoms with E-state index in [-0.39, 0.29) is 6.10 Å². The molecule has 0 aliphatic carbocycles. The Bertz CT molecular complexity index is 415. The van der Waals surface area contributed by atoms with Crippen LogP contribution >= 0.6 is 11.8 Å². The van der Waals surface area contributed by atoms with Crippen molar-refractivity contribution in [1.82, 2.24) is 5.32 Å². The lowest BCUT2D eigenvalue weighted by Gasteiger charge is -2.31. The van der Waals surface area contributed by atoms with Gasteiger partial charge in [0.15, 0.2) is 0 Å². The molecule has 0 radical (unpaired) electrons. The molecule has 3 nitrogen and oxygen atoms in total. The number of piperidine rings is 1. The first-order chi connectivity index (χ1) is 10.1. The molecule has 1 aliphatic heterocycles. The second kappa shape index (κ2) is 8.06. The molecule has 118 valence electrons. The number of hydrogen-bond donors (Lipinski definition) is 2. The number of thioether (sulfide) groups is 1. The molecule has 4 heteroatoms. The van der Waals surface area contributed by atoms with Crippen LogP contribution in [-0.4, -0.2) is 42.4 Å². The maximum absolute atomic E-state index is 9.58. The van der Waals surface area contributed by atoms with Gasteiger partial charge in [0, 0.05) is 36.6 Å². The fraction of sp³-hybridized carbons (Fsp3) is 0.647. The average Bonchev–Trinajstić information content (AvgIpc) is 2.53. The number of hydrogen-bond acceptors (Lipinski definition) is 4. The Morgan fingerprint density at radius 3 is 2.43 bits per heavy atom. The molecule has 2 N–H and O–H groups in total. The topological polar surface area (TPSA) is 35.5 Å². The lowest BCUT2D eigenvalue weighted by molar-refractivity contribution is 0.145. The lowest BCUT2D eigenvalue weighted by atomic mass is 10.0. The first kappa shape index (κ1) is 16.7. The first-order valence-corrected chi connectivity index (χ1v) is 9.18. The summed E-state index contributed by atoms with van der Waals surface area (Å²) >= 11 is 1.89. The zero-order valence-corrected chi connectivity index (χ0v) is 14.2. The standard InChI is InChI=1S/C17H28N2OS/c1-13(21-3)12-18-14(2)15-4-6-16(7-5-15)19-10-8-17(20)9-11-19/h4-7,13-14,17-18,20H,8-12H2,1-3H3. The molecule has 1 saturated heterocycles. The summed E-state index contributed by atoms with van der Waals surface area (Å²) in [6.45, 7) is 7.42. The van der Waals surface area contributed by atoms with Crippen LogP contribution in [0.4, 0.5) is 5.69 Å². The van der Waals surface area contributed by atoms with E-state index in [2.05, 4.69) is 54.6 Å². The Hall–Kier alpha value is -0.710. The van der Waals surface area contributed by atoms with E-state index in [0.29, 0.717) is 11.3 Å². The van der Waals surface area contributed by atoms with Crippen molar-refractivity contribution >= 4 is 17.4 Å². The molecular formula is C17H28N2OS. The van der Waals surface area contributed by atoms with Crippen LogP contribution in [0.1, 0.15) is 38.3 Å². The van der Waals surface area contributed by atoms with Gasteiger partial charge < -0.3 is 15.3 Å². The maximum atomic E-state index is 9.58. The van der Waals surface area contributed by atoms with E-state index in [1.54, 1.807) is 0 Å². The van der Waals surface area contributed by atoms with Crippen LogP contribution < -0.4 is 10.2 Å². The summed E-state index contributed by atoms with van der Waals surface area (Å²) in [6.07, 6.45) is 3.81. The Morgan fingerprint density at radius 2 is 1.86 bits per heavy atom. The minimum absolute atomic E-state index is 0.108. The Labute approximate surface area is 133 Å². The van der Waals surface area contributed by atoms with Gasteiger partial charge in [-0.15, -0.1) is 0 Å². The summed E-state index contributed by atoms with van der Waals surface area (Å²) in [4.78, 5) is 2.37. The molecule has 0 amide bonds. The maximum Gasteiger partial charge on any atom is 0.0574 e. The number of aliphatic hydroxyl groups is 1. The van der Waals surface area contributed by atoms with Crippen LogP contribution in [-0.2, 0) is 0 Å². The van der Waals surface area contributed by atoms with Crippen LogP contribution in [0.3, 0.4) is 0 Å². The molecule has 2 atom stereocenters. The summed E-state index contributed by atoms with van der Waals surface area (Å²) in [6, 6.07) is 9.26. The van der Waals surface area contributed by atoms with Gasteiger partial charge in [-0.25, -0.2) is 0 Å². The van der Waals surface area contributed by atoms with Crippen molar-refractivity contribution in [2.75, 3.05) is 30.8 Å². The summed E-state index contributed by atoms with van der Waals surface area (Å²) < 4.78 is 0. The van der Waals surface area contributed by atoms with E-state index in [4.69, 9.17) is 0 Å². The fourth-order valence-electron chi connectivity index (χ4n) is 2.64. The predicted octanol–water partition coefficient (Wildman–Crippen LogP) is 3.05. The van der Waals surface area contributed by atoms with E-state index in [0.717, 1.165) is 32.5 Å². The quantitative estimate of drug-likeness (QED) is 0.847. The van der Waals surface area contributed by atoms with E-state index in [1.165, 1.54) is 11.3 Å². The van der Waals surface area contributed by atoms with Gasteiger partial charge in [-0.05, 0) is 43.7 Å². The van der Waals surface area contributed by atoms with Crippen LogP contribution in [0.15, 0.2) is 24.3 Å². The number of anilines is 1. The molecular weight excluding hydrogens is 280 g/mol. The fourth-order valence-corrected chi connectivity index (χ4v) is 2.90. The van der Waals surface area contributed by atoms with Gasteiger partial charge in [-0.3, -0.25) is 0 Å². The predicted molar refractivity (Wildman–Crippen MR) is 93.3 cm³/mol. The molecule has 1 aromatic rings. The largest absolute Gasteiger partial charge is 0.393 e. The summed E-state index contributed by atoms with van der Waals surface area (Å²) in [5.41, 5.74) is 2.61. The van der Waals surface area contributed by atoms with Gasteiger partial charge >= 0.3 is 0 Å². The van der Waals surface area contributed by atoms with Gasteiger partial charge in [0.05, 0.1) is 6.10 Å². The molecule has 1 fully saturated rings. The lowest BCUT2D eigenvalue weighted by Crippen LogP contribution is -2.35. The van der Waals surface area contributed by atoms with Crippen molar-refractivity contribution in [3.8, 4) is 0 Å². The van der Waals surface area contributed by atoms with Crippen molar-refractivity contribution in [1.29, 1.82) is 0 Å². The minimum Gasteiger partial charge on any atom is -0.393 e. The Balaban J connectivity index is 1.89. The molecule has 0 aromatic heterocycles. The first-order valence-electron chi connectivity index (χ1n) is 7.89. The average molecular weight is 308 g/mol. The molecule has 0 spiro atoms. The third-order valence-electron chi connectivity index (χ3n) is 4.34. The van der Waals surface area contributed by atoms with Gasteiger partial charge in [0.25, 0.3) is 0 Å². The normalized spacial score (nSPS) is 19.5. The molecule has 1 aliphatic rings. The van der Waals surface area contributed by atoms with Crippen molar-refractivity contribution < 1.29 is 5.11 Å². The number of aliphatic hydroxyl groups excluding tert-OH is 1. The SMILES string of the molecule is CSC(C)CNC(C)c1ccc(N2CCC(O)CC2)cc1. The highest BCUT2D eigenvalue weighted by molar-refractivity contribution is 7.99. The van der Waals surface area contributed by atoms with E-state index in [1.807, 2.05) is 11.8 Å². The van der Waals surface area contributed by atoms with Crippen LogP contribution in [0, 0.1) is 0 Å². The zero-order chi connectivity index (χ0) is 15.2. The van der Waals surface area contributed by atoms with Crippen molar-refractivity contribution in [3.05, 3.63) is 29.8 Å². The van der Waals surface area contributed by atoms with Gasteiger partial charge in [-0.2, -0.15) is 11.8 Å². The number of benzene rings is 1. The van der Waals surface area contributed by atoms with Crippen LogP contribution in [0.25, 0.3) is 0 Å². The van der Waals surface area contributed by atoms with Gasteiger partial charge in [-0.1, -0.05) is 19.1 Å². The number of rotatable bonds is 6. The second-order valence-electron chi connectivity index (χ2n) is 5.99. The van der Waals surface area contributed by atoms with E-state index >= 15 is 0 Å². The Kier molecular flexibility index (Phi) is 6.40. The van der Waals surface area contributed by atoms with Gasteiger partial charge in [0.2, 0.25) is 0 Å². The minimum atomic E-state index is -0.108. The summed E-state index contributed by atoms with van der Waals surface area (Å²) in [5.74, 6) is 0. The van der Waals surface area contributed by atoms with E-state index in [9.17, 15) is 5.11 Å². The number of nitrogens with zero attached hydrogens (tertiary/aromatic N) is 1. The zero-order valence-electron chi connectivity index (χ0n) is 13.4. The molecule has 1 heterocycles. The molecule has 21 heavy (non-hydrogen) atoms. The highest BCUT2D eigenvalue weighted by Gasteiger charge is 2.17. The van der Waals surface area contributed by atoms with Crippen molar-refractivity contribution in [2.45, 2.75) is 44.1 Å². The Morgan fingerprint density at radius 1 is 1.24 bits per heavy atom. The third-order valence-corrected chi connectivity index (χ3v) is 5.31. The van der Waals surface area contributed by atoms with Crippen LogP contribution in [0.2, 0.25) is 0 Å².